The molecule has 17 heavy (non-hydrogen) atoms. The molecule has 1 aromatic rings. The molecular weight excluding hydrogens is 279 g/mol. The van der Waals surface area contributed by atoms with Gasteiger partial charge < -0.3 is 11.1 Å². The van der Waals surface area contributed by atoms with E-state index >= 15 is 0 Å². The predicted molar refractivity (Wildman–Crippen MR) is 73.7 cm³/mol. The fourth-order valence-corrected chi connectivity index (χ4v) is 3.09. The summed E-state index contributed by atoms with van der Waals surface area (Å²) in [6.45, 7) is 0.555. The van der Waals surface area contributed by atoms with Gasteiger partial charge in [-0.25, -0.2) is 0 Å². The number of hydrogen-bond acceptors (Lipinski definition) is 3. The SMILES string of the molecule is Cl.NC1CCCC1C(=O)NCc1ccc(Cl)s1. The normalized spacial score (nSPS) is 23.2. The second kappa shape index (κ2) is 6.59. The maximum atomic E-state index is 11.8. The monoisotopic (exact) mass is 294 g/mol. The number of thiophene rings is 1. The maximum absolute atomic E-state index is 11.8. The molecule has 1 fully saturated rings. The van der Waals surface area contributed by atoms with Crippen molar-refractivity contribution in [3.05, 3.63) is 21.3 Å². The van der Waals surface area contributed by atoms with Crippen molar-refractivity contribution in [3.8, 4) is 0 Å². The van der Waals surface area contributed by atoms with Crippen LogP contribution in [0.5, 0.6) is 0 Å². The van der Waals surface area contributed by atoms with Gasteiger partial charge in [0, 0.05) is 10.9 Å². The number of rotatable bonds is 3. The Morgan fingerprint density at radius 3 is 2.82 bits per heavy atom. The van der Waals surface area contributed by atoms with Crippen molar-refractivity contribution in [2.24, 2.45) is 11.7 Å². The highest BCUT2D eigenvalue weighted by Gasteiger charge is 2.29. The highest BCUT2D eigenvalue weighted by atomic mass is 35.5. The van der Waals surface area contributed by atoms with E-state index in [1.165, 1.54) is 11.3 Å². The largest absolute Gasteiger partial charge is 0.351 e. The minimum atomic E-state index is -0.00423. The molecule has 0 radical (unpaired) electrons. The van der Waals surface area contributed by atoms with Crippen LogP contribution in [0.4, 0.5) is 0 Å². The Kier molecular flexibility index (Phi) is 5.73. The molecule has 0 spiro atoms. The minimum absolute atomic E-state index is 0. The standard InChI is InChI=1S/C11H15ClN2OS.ClH/c12-10-5-4-7(16-10)6-14-11(15)8-2-1-3-9(8)13;/h4-5,8-9H,1-3,6,13H2,(H,14,15);1H. The Morgan fingerprint density at radius 1 is 1.53 bits per heavy atom. The fraction of sp³-hybridized carbons (Fsp3) is 0.545. The summed E-state index contributed by atoms with van der Waals surface area (Å²) in [6.07, 6.45) is 2.94. The molecule has 2 unspecified atom stereocenters. The van der Waals surface area contributed by atoms with Crippen molar-refractivity contribution >= 4 is 41.3 Å². The Hall–Kier alpha value is -0.290. The van der Waals surface area contributed by atoms with Gasteiger partial charge in [-0.2, -0.15) is 0 Å². The van der Waals surface area contributed by atoms with E-state index in [0.29, 0.717) is 6.54 Å². The molecule has 2 rings (SSSR count). The highest BCUT2D eigenvalue weighted by Crippen LogP contribution is 2.25. The van der Waals surface area contributed by atoms with Gasteiger partial charge in [-0.15, -0.1) is 23.7 Å². The van der Waals surface area contributed by atoms with Crippen LogP contribution in [0.15, 0.2) is 12.1 Å². The molecule has 1 amide bonds. The minimum Gasteiger partial charge on any atom is -0.351 e. The van der Waals surface area contributed by atoms with Gasteiger partial charge in [-0.1, -0.05) is 18.0 Å². The molecule has 3 nitrogen and oxygen atoms in total. The van der Waals surface area contributed by atoms with E-state index < -0.39 is 0 Å². The first-order valence-electron chi connectivity index (χ1n) is 5.44. The van der Waals surface area contributed by atoms with Gasteiger partial charge >= 0.3 is 0 Å². The van der Waals surface area contributed by atoms with Crippen LogP contribution < -0.4 is 11.1 Å². The van der Waals surface area contributed by atoms with E-state index in [1.807, 2.05) is 12.1 Å². The predicted octanol–water partition coefficient (Wildman–Crippen LogP) is 2.57. The third-order valence-corrected chi connectivity index (χ3v) is 4.20. The van der Waals surface area contributed by atoms with Gasteiger partial charge in [0.15, 0.2) is 0 Å². The van der Waals surface area contributed by atoms with Crippen molar-refractivity contribution in [2.45, 2.75) is 31.8 Å². The van der Waals surface area contributed by atoms with Crippen LogP contribution >= 0.6 is 35.3 Å². The summed E-state index contributed by atoms with van der Waals surface area (Å²) in [6, 6.07) is 3.81. The first-order valence-corrected chi connectivity index (χ1v) is 6.64. The maximum Gasteiger partial charge on any atom is 0.224 e. The number of nitrogens with two attached hydrogens (primary N) is 1. The average molecular weight is 295 g/mol. The number of carbonyl (C=O) groups excluding carboxylic acids is 1. The zero-order valence-corrected chi connectivity index (χ0v) is 11.7. The molecule has 1 saturated carbocycles. The molecule has 6 heteroatoms. The molecule has 0 saturated heterocycles. The van der Waals surface area contributed by atoms with Crippen molar-refractivity contribution < 1.29 is 4.79 Å². The lowest BCUT2D eigenvalue weighted by Crippen LogP contribution is -2.38. The summed E-state index contributed by atoms with van der Waals surface area (Å²) in [5.74, 6) is 0.0740. The lowest BCUT2D eigenvalue weighted by Gasteiger charge is -2.14. The molecule has 1 aromatic heterocycles. The summed E-state index contributed by atoms with van der Waals surface area (Å²) in [5, 5.41) is 2.92. The number of nitrogens with one attached hydrogen (secondary N) is 1. The van der Waals surface area contributed by atoms with Crippen molar-refractivity contribution in [1.82, 2.24) is 5.32 Å². The van der Waals surface area contributed by atoms with E-state index in [1.54, 1.807) is 0 Å². The summed E-state index contributed by atoms with van der Waals surface area (Å²) in [7, 11) is 0. The summed E-state index contributed by atoms with van der Waals surface area (Å²) >= 11 is 7.30. The molecule has 1 aliphatic rings. The first kappa shape index (κ1) is 14.8. The molecule has 0 bridgehead atoms. The molecule has 3 N–H and O–H groups in total. The Morgan fingerprint density at radius 2 is 2.29 bits per heavy atom. The summed E-state index contributed by atoms with van der Waals surface area (Å²) < 4.78 is 0.752. The highest BCUT2D eigenvalue weighted by molar-refractivity contribution is 7.16. The second-order valence-corrected chi connectivity index (χ2v) is 5.92. The zero-order valence-electron chi connectivity index (χ0n) is 9.32. The molecule has 96 valence electrons. The lowest BCUT2D eigenvalue weighted by atomic mass is 10.0. The van der Waals surface area contributed by atoms with Gasteiger partial charge in [-0.05, 0) is 25.0 Å². The average Bonchev–Trinajstić information content (AvgIpc) is 2.84. The topological polar surface area (TPSA) is 55.1 Å². The summed E-state index contributed by atoms with van der Waals surface area (Å²) in [4.78, 5) is 12.9. The third-order valence-electron chi connectivity index (χ3n) is 2.97. The lowest BCUT2D eigenvalue weighted by molar-refractivity contribution is -0.125. The summed E-state index contributed by atoms with van der Waals surface area (Å²) in [5.41, 5.74) is 5.87. The van der Waals surface area contributed by atoms with Crippen LogP contribution in [-0.2, 0) is 11.3 Å². The number of amides is 1. The van der Waals surface area contributed by atoms with Crippen molar-refractivity contribution in [2.75, 3.05) is 0 Å². The molecule has 1 aliphatic carbocycles. The van der Waals surface area contributed by atoms with Crippen LogP contribution in [-0.4, -0.2) is 11.9 Å². The third kappa shape index (κ3) is 3.85. The zero-order chi connectivity index (χ0) is 11.5. The van der Waals surface area contributed by atoms with Crippen LogP contribution in [0.25, 0.3) is 0 Å². The van der Waals surface area contributed by atoms with Crippen molar-refractivity contribution in [3.63, 3.8) is 0 Å². The van der Waals surface area contributed by atoms with Gasteiger partial charge in [-0.3, -0.25) is 4.79 Å². The molecular formula is C11H16Cl2N2OS. The Labute approximate surface area is 116 Å². The van der Waals surface area contributed by atoms with Crippen LogP contribution in [0.1, 0.15) is 24.1 Å². The molecule has 1 heterocycles. The van der Waals surface area contributed by atoms with Crippen LogP contribution in [0.3, 0.4) is 0 Å². The van der Waals surface area contributed by atoms with Crippen molar-refractivity contribution in [1.29, 1.82) is 0 Å². The van der Waals surface area contributed by atoms with Crippen LogP contribution in [0, 0.1) is 5.92 Å². The molecule has 0 aliphatic heterocycles. The molecule has 0 aromatic carbocycles. The quantitative estimate of drug-likeness (QED) is 0.900. The second-order valence-electron chi connectivity index (χ2n) is 4.12. The van der Waals surface area contributed by atoms with Gasteiger partial charge in [0.25, 0.3) is 0 Å². The van der Waals surface area contributed by atoms with Gasteiger partial charge in [0.05, 0.1) is 16.8 Å². The first-order chi connectivity index (χ1) is 7.66. The van der Waals surface area contributed by atoms with E-state index in [2.05, 4.69) is 5.32 Å². The van der Waals surface area contributed by atoms with E-state index in [4.69, 9.17) is 17.3 Å². The number of hydrogen-bond donors (Lipinski definition) is 2. The smallest absolute Gasteiger partial charge is 0.224 e. The Bertz CT molecular complexity index is 383. The van der Waals surface area contributed by atoms with E-state index in [-0.39, 0.29) is 30.3 Å². The van der Waals surface area contributed by atoms with Crippen LogP contribution in [0.2, 0.25) is 4.34 Å². The van der Waals surface area contributed by atoms with E-state index in [9.17, 15) is 4.79 Å². The van der Waals surface area contributed by atoms with Gasteiger partial charge in [0.1, 0.15) is 0 Å². The Balaban J connectivity index is 0.00000144. The van der Waals surface area contributed by atoms with Gasteiger partial charge in [0.2, 0.25) is 5.91 Å². The fourth-order valence-electron chi connectivity index (χ4n) is 2.07. The number of carbonyl (C=O) groups is 1. The number of halogens is 2. The molecule has 2 atom stereocenters. The van der Waals surface area contributed by atoms with E-state index in [0.717, 1.165) is 28.5 Å².